The molecule has 0 fully saturated rings. The third-order valence-corrected chi connectivity index (χ3v) is 6.97. The Balaban J connectivity index is 1.99. The molecule has 4 rings (SSSR count). The normalized spacial score (nSPS) is 12.4. The van der Waals surface area contributed by atoms with Crippen LogP contribution in [0.15, 0.2) is 59.1 Å². The second-order valence-corrected chi connectivity index (χ2v) is 10.3. The average molecular weight is 447 g/mol. The van der Waals surface area contributed by atoms with E-state index in [1.807, 2.05) is 6.92 Å². The van der Waals surface area contributed by atoms with E-state index < -0.39 is 30.7 Å². The summed E-state index contributed by atoms with van der Waals surface area (Å²) in [5, 5.41) is -0.522. The lowest BCUT2D eigenvalue weighted by molar-refractivity contribution is 0.552. The van der Waals surface area contributed by atoms with Gasteiger partial charge in [0.2, 0.25) is 0 Å². The lowest BCUT2D eigenvalue weighted by Crippen LogP contribution is -2.12. The van der Waals surface area contributed by atoms with Crippen LogP contribution in [0, 0.1) is 12.7 Å². The molecule has 3 aromatic heterocycles. The van der Waals surface area contributed by atoms with Gasteiger partial charge in [-0.15, -0.1) is 0 Å². The number of hydrogen-bond donors (Lipinski definition) is 0. The lowest BCUT2D eigenvalue weighted by Gasteiger charge is -2.07. The summed E-state index contributed by atoms with van der Waals surface area (Å²) >= 11 is 0. The molecule has 12 heteroatoms. The van der Waals surface area contributed by atoms with Crippen molar-refractivity contribution in [3.05, 3.63) is 60.6 Å². The summed E-state index contributed by atoms with van der Waals surface area (Å²) in [6, 6.07) is 6.26. The SMILES string of the molecule is Cc1ccc(S(=O)(=O)n2cc(-c3ncc(F)c(S(C)(=O)=O)n3)c3cncnc32)cc1. The summed E-state index contributed by atoms with van der Waals surface area (Å²) < 4.78 is 64.9. The van der Waals surface area contributed by atoms with Crippen LogP contribution in [0.3, 0.4) is 0 Å². The smallest absolute Gasteiger partial charge is 0.244 e. The van der Waals surface area contributed by atoms with Gasteiger partial charge in [0.05, 0.1) is 11.1 Å². The standard InChI is InChI=1S/C18H14FN5O4S2/c1-11-3-5-12(6-4-11)30(27,28)24-9-14(13-7-20-10-22-17(13)24)16-21-8-15(19)18(23-16)29(2,25)26/h3-10H,1-2H3. The van der Waals surface area contributed by atoms with Gasteiger partial charge in [-0.05, 0) is 19.1 Å². The molecule has 1 aromatic carbocycles. The molecule has 0 aliphatic rings. The fraction of sp³-hybridized carbons (Fsp3) is 0.111. The maximum atomic E-state index is 13.9. The molecule has 0 amide bonds. The van der Waals surface area contributed by atoms with Gasteiger partial charge in [0, 0.05) is 29.6 Å². The Hall–Kier alpha value is -3.25. The molecule has 0 radical (unpaired) electrons. The molecule has 4 aromatic rings. The molecule has 3 heterocycles. The first-order valence-corrected chi connectivity index (χ1v) is 11.8. The van der Waals surface area contributed by atoms with Crippen molar-refractivity contribution >= 4 is 30.9 Å². The van der Waals surface area contributed by atoms with Crippen LogP contribution >= 0.6 is 0 Å². The van der Waals surface area contributed by atoms with Crippen LogP contribution in [0.5, 0.6) is 0 Å². The lowest BCUT2D eigenvalue weighted by atomic mass is 10.2. The Labute approximate surface area is 171 Å². The van der Waals surface area contributed by atoms with Crippen LogP contribution in [-0.2, 0) is 19.9 Å². The van der Waals surface area contributed by atoms with Crippen LogP contribution in [0.1, 0.15) is 5.56 Å². The van der Waals surface area contributed by atoms with Crippen molar-refractivity contribution in [3.8, 4) is 11.4 Å². The van der Waals surface area contributed by atoms with E-state index >= 15 is 0 Å². The van der Waals surface area contributed by atoms with Crippen molar-refractivity contribution in [2.24, 2.45) is 0 Å². The van der Waals surface area contributed by atoms with E-state index in [4.69, 9.17) is 0 Å². The minimum atomic E-state index is -4.04. The zero-order valence-electron chi connectivity index (χ0n) is 15.7. The topological polar surface area (TPSA) is 125 Å². The third-order valence-electron chi connectivity index (χ3n) is 4.32. The maximum Gasteiger partial charge on any atom is 0.269 e. The second-order valence-electron chi connectivity index (χ2n) is 6.54. The third kappa shape index (κ3) is 3.33. The highest BCUT2D eigenvalue weighted by molar-refractivity contribution is 7.90. The summed E-state index contributed by atoms with van der Waals surface area (Å²) in [5.74, 6) is -1.28. The molecule has 30 heavy (non-hydrogen) atoms. The van der Waals surface area contributed by atoms with E-state index in [-0.39, 0.29) is 27.3 Å². The molecule has 9 nitrogen and oxygen atoms in total. The number of aryl methyl sites for hydroxylation is 1. The van der Waals surface area contributed by atoms with Crippen LogP contribution in [0.2, 0.25) is 0 Å². The molecule has 0 N–H and O–H groups in total. The second kappa shape index (κ2) is 6.92. The number of hydrogen-bond acceptors (Lipinski definition) is 8. The van der Waals surface area contributed by atoms with Crippen LogP contribution in [-0.4, -0.2) is 47.0 Å². The van der Waals surface area contributed by atoms with Gasteiger partial charge in [0.15, 0.2) is 32.2 Å². The Kier molecular flexibility index (Phi) is 4.62. The molecular formula is C18H14FN5O4S2. The van der Waals surface area contributed by atoms with Crippen molar-refractivity contribution in [3.63, 3.8) is 0 Å². The number of fused-ring (bicyclic) bond motifs is 1. The molecule has 0 aliphatic heterocycles. The van der Waals surface area contributed by atoms with Gasteiger partial charge in [-0.25, -0.2) is 45.1 Å². The number of rotatable bonds is 4. The number of sulfone groups is 1. The van der Waals surface area contributed by atoms with Gasteiger partial charge >= 0.3 is 0 Å². The van der Waals surface area contributed by atoms with Gasteiger partial charge in [0.1, 0.15) is 6.33 Å². The minimum Gasteiger partial charge on any atom is -0.244 e. The highest BCUT2D eigenvalue weighted by atomic mass is 32.2. The van der Waals surface area contributed by atoms with Crippen molar-refractivity contribution in [1.82, 2.24) is 23.9 Å². The van der Waals surface area contributed by atoms with E-state index in [0.29, 0.717) is 0 Å². The van der Waals surface area contributed by atoms with E-state index in [9.17, 15) is 21.2 Å². The molecule has 0 aliphatic carbocycles. The maximum absolute atomic E-state index is 13.9. The Morgan fingerprint density at radius 3 is 2.37 bits per heavy atom. The predicted molar refractivity (Wildman–Crippen MR) is 105 cm³/mol. The fourth-order valence-corrected chi connectivity index (χ4v) is 4.85. The van der Waals surface area contributed by atoms with Gasteiger partial charge < -0.3 is 0 Å². The average Bonchev–Trinajstić information content (AvgIpc) is 3.08. The number of aromatic nitrogens is 5. The number of halogens is 1. The van der Waals surface area contributed by atoms with E-state index in [0.717, 1.165) is 22.0 Å². The number of nitrogens with zero attached hydrogens (tertiary/aromatic N) is 5. The van der Waals surface area contributed by atoms with Crippen LogP contribution in [0.4, 0.5) is 4.39 Å². The highest BCUT2D eigenvalue weighted by Gasteiger charge is 2.25. The predicted octanol–water partition coefficient (Wildman–Crippen LogP) is 1.98. The first-order chi connectivity index (χ1) is 14.1. The zero-order chi connectivity index (χ0) is 21.7. The summed E-state index contributed by atoms with van der Waals surface area (Å²) in [7, 11) is -8.01. The zero-order valence-corrected chi connectivity index (χ0v) is 17.3. The Morgan fingerprint density at radius 2 is 1.70 bits per heavy atom. The van der Waals surface area contributed by atoms with Crippen molar-refractivity contribution in [2.75, 3.05) is 6.26 Å². The Bertz CT molecular complexity index is 1500. The Morgan fingerprint density at radius 1 is 1.00 bits per heavy atom. The largest absolute Gasteiger partial charge is 0.269 e. The van der Waals surface area contributed by atoms with Crippen molar-refractivity contribution < 1.29 is 21.2 Å². The first-order valence-electron chi connectivity index (χ1n) is 8.45. The molecule has 0 atom stereocenters. The summed E-state index contributed by atoms with van der Waals surface area (Å²) in [5.41, 5.74) is 1.09. The van der Waals surface area contributed by atoms with Crippen LogP contribution < -0.4 is 0 Å². The van der Waals surface area contributed by atoms with Crippen molar-refractivity contribution in [1.29, 1.82) is 0 Å². The fourth-order valence-electron chi connectivity index (χ4n) is 2.86. The van der Waals surface area contributed by atoms with Gasteiger partial charge in [-0.1, -0.05) is 17.7 Å². The molecule has 0 unspecified atom stereocenters. The van der Waals surface area contributed by atoms with Crippen LogP contribution in [0.25, 0.3) is 22.4 Å². The number of benzene rings is 1. The van der Waals surface area contributed by atoms with E-state index in [1.165, 1.54) is 30.9 Å². The van der Waals surface area contributed by atoms with Gasteiger partial charge in [-0.2, -0.15) is 0 Å². The van der Waals surface area contributed by atoms with E-state index in [1.54, 1.807) is 12.1 Å². The molecule has 0 spiro atoms. The molecular weight excluding hydrogens is 433 g/mol. The summed E-state index contributed by atoms with van der Waals surface area (Å²) in [6.45, 7) is 1.83. The van der Waals surface area contributed by atoms with Gasteiger partial charge in [0.25, 0.3) is 10.0 Å². The highest BCUT2D eigenvalue weighted by Crippen LogP contribution is 2.30. The monoisotopic (exact) mass is 447 g/mol. The van der Waals surface area contributed by atoms with Gasteiger partial charge in [-0.3, -0.25) is 0 Å². The molecule has 0 bridgehead atoms. The first kappa shape index (κ1) is 20.0. The minimum absolute atomic E-state index is 0.0343. The quantitative estimate of drug-likeness (QED) is 0.435. The summed E-state index contributed by atoms with van der Waals surface area (Å²) in [6.07, 6.45) is 5.29. The van der Waals surface area contributed by atoms with E-state index in [2.05, 4.69) is 19.9 Å². The molecule has 154 valence electrons. The molecule has 0 saturated carbocycles. The summed E-state index contributed by atoms with van der Waals surface area (Å²) in [4.78, 5) is 15.6. The van der Waals surface area contributed by atoms with Crippen molar-refractivity contribution in [2.45, 2.75) is 16.8 Å². The molecule has 0 saturated heterocycles.